The normalized spacial score (nSPS) is 28.1. The van der Waals surface area contributed by atoms with Crippen LogP contribution in [0.5, 0.6) is 0 Å². The standard InChI is InChI=1S/C20H24N2O2S/c1-13-19(15-9-11-22(13)12-10-15)21-20(23)18-8-7-17(24-18)14-3-5-16(25-2)6-4-14/h3-8,13,15,19H,9-12H2,1-2H3,(H,21,23). The number of nitrogens with zero attached hydrogens (tertiary/aromatic N) is 1. The number of amides is 1. The molecule has 3 aliphatic heterocycles. The van der Waals surface area contributed by atoms with Crippen molar-refractivity contribution in [1.29, 1.82) is 0 Å². The van der Waals surface area contributed by atoms with Crippen molar-refractivity contribution in [2.45, 2.75) is 36.7 Å². The summed E-state index contributed by atoms with van der Waals surface area (Å²) in [5, 5.41) is 3.22. The van der Waals surface area contributed by atoms with Gasteiger partial charge in [-0.15, -0.1) is 11.8 Å². The Bertz CT molecular complexity index is 745. The zero-order valence-electron chi connectivity index (χ0n) is 14.7. The number of piperidine rings is 3. The molecule has 5 heteroatoms. The van der Waals surface area contributed by atoms with Crippen LogP contribution >= 0.6 is 11.8 Å². The van der Waals surface area contributed by atoms with Crippen LogP contribution in [0.2, 0.25) is 0 Å². The zero-order chi connectivity index (χ0) is 17.4. The van der Waals surface area contributed by atoms with Gasteiger partial charge in [0.1, 0.15) is 5.76 Å². The fraction of sp³-hybridized carbons (Fsp3) is 0.450. The Morgan fingerprint density at radius 3 is 2.52 bits per heavy atom. The van der Waals surface area contributed by atoms with Gasteiger partial charge in [0.25, 0.3) is 5.91 Å². The molecule has 3 saturated heterocycles. The molecule has 3 aliphatic rings. The topological polar surface area (TPSA) is 45.5 Å². The third kappa shape index (κ3) is 3.23. The highest BCUT2D eigenvalue weighted by Crippen LogP contribution is 2.32. The minimum Gasteiger partial charge on any atom is -0.451 e. The molecule has 0 radical (unpaired) electrons. The number of thioether (sulfide) groups is 1. The monoisotopic (exact) mass is 356 g/mol. The molecule has 2 aromatic rings. The molecule has 1 aromatic carbocycles. The maximum atomic E-state index is 12.7. The minimum atomic E-state index is -0.0995. The lowest BCUT2D eigenvalue weighted by molar-refractivity contribution is 0.0211. The molecule has 5 rings (SSSR count). The Kier molecular flexibility index (Phi) is 4.61. The van der Waals surface area contributed by atoms with Crippen LogP contribution < -0.4 is 5.32 Å². The summed E-state index contributed by atoms with van der Waals surface area (Å²) in [7, 11) is 0. The smallest absolute Gasteiger partial charge is 0.287 e. The van der Waals surface area contributed by atoms with E-state index in [1.54, 1.807) is 17.8 Å². The number of hydrogen-bond acceptors (Lipinski definition) is 4. The van der Waals surface area contributed by atoms with Crippen molar-refractivity contribution in [3.05, 3.63) is 42.2 Å². The molecule has 3 fully saturated rings. The third-order valence-corrected chi connectivity index (χ3v) is 6.42. The number of furan rings is 1. The van der Waals surface area contributed by atoms with Crippen molar-refractivity contribution in [2.75, 3.05) is 19.3 Å². The first-order chi connectivity index (χ1) is 12.2. The van der Waals surface area contributed by atoms with Crippen LogP contribution in [0.4, 0.5) is 0 Å². The maximum Gasteiger partial charge on any atom is 0.287 e. The summed E-state index contributed by atoms with van der Waals surface area (Å²) in [4.78, 5) is 16.3. The average molecular weight is 356 g/mol. The fourth-order valence-electron chi connectivity index (χ4n) is 4.14. The molecular weight excluding hydrogens is 332 g/mol. The summed E-state index contributed by atoms with van der Waals surface area (Å²) in [5.74, 6) is 1.63. The summed E-state index contributed by atoms with van der Waals surface area (Å²) < 4.78 is 5.83. The molecule has 1 amide bonds. The second-order valence-corrected chi connectivity index (χ2v) is 7.89. The van der Waals surface area contributed by atoms with Crippen LogP contribution in [-0.4, -0.2) is 42.2 Å². The van der Waals surface area contributed by atoms with Crippen LogP contribution in [-0.2, 0) is 0 Å². The lowest BCUT2D eigenvalue weighted by Crippen LogP contribution is -2.62. The van der Waals surface area contributed by atoms with Gasteiger partial charge in [-0.1, -0.05) is 12.1 Å². The van der Waals surface area contributed by atoms with Crippen molar-refractivity contribution in [1.82, 2.24) is 10.2 Å². The lowest BCUT2D eigenvalue weighted by atomic mass is 9.79. The van der Waals surface area contributed by atoms with Gasteiger partial charge in [-0.3, -0.25) is 9.69 Å². The van der Waals surface area contributed by atoms with Crippen molar-refractivity contribution in [3.63, 3.8) is 0 Å². The van der Waals surface area contributed by atoms with Gasteiger partial charge in [-0.2, -0.15) is 0 Å². The molecule has 1 aromatic heterocycles. The molecule has 0 saturated carbocycles. The van der Waals surface area contributed by atoms with Crippen LogP contribution in [0.15, 0.2) is 45.7 Å². The molecule has 0 spiro atoms. The van der Waals surface area contributed by atoms with E-state index >= 15 is 0 Å². The second kappa shape index (κ2) is 6.89. The number of fused-ring (bicyclic) bond motifs is 3. The first-order valence-corrected chi connectivity index (χ1v) is 10.2. The molecule has 25 heavy (non-hydrogen) atoms. The van der Waals surface area contributed by atoms with E-state index < -0.39 is 0 Å². The van der Waals surface area contributed by atoms with E-state index in [1.807, 2.05) is 18.2 Å². The number of rotatable bonds is 4. The Morgan fingerprint density at radius 2 is 1.88 bits per heavy atom. The average Bonchev–Trinajstić information content (AvgIpc) is 3.15. The Balaban J connectivity index is 1.47. The van der Waals surface area contributed by atoms with Crippen LogP contribution in [0.3, 0.4) is 0 Å². The number of benzene rings is 1. The van der Waals surface area contributed by atoms with Gasteiger partial charge in [-0.25, -0.2) is 0 Å². The van der Waals surface area contributed by atoms with Crippen molar-refractivity contribution < 1.29 is 9.21 Å². The molecule has 2 bridgehead atoms. The maximum absolute atomic E-state index is 12.7. The van der Waals surface area contributed by atoms with Crippen molar-refractivity contribution >= 4 is 17.7 Å². The van der Waals surface area contributed by atoms with Gasteiger partial charge in [0.05, 0.1) is 0 Å². The Hall–Kier alpha value is -1.72. The molecular formula is C20H24N2O2S. The SMILES string of the molecule is CSc1ccc(-c2ccc(C(=O)NC3C4CCN(CC4)C3C)o2)cc1. The van der Waals surface area contributed by atoms with Gasteiger partial charge in [0.2, 0.25) is 0 Å². The van der Waals surface area contributed by atoms with Gasteiger partial charge in [-0.05, 0) is 69.3 Å². The highest BCUT2D eigenvalue weighted by molar-refractivity contribution is 7.98. The minimum absolute atomic E-state index is 0.0995. The predicted octanol–water partition coefficient (Wildman–Crippen LogP) is 3.88. The quantitative estimate of drug-likeness (QED) is 0.845. The predicted molar refractivity (Wildman–Crippen MR) is 101 cm³/mol. The van der Waals surface area contributed by atoms with E-state index in [4.69, 9.17) is 4.42 Å². The molecule has 1 N–H and O–H groups in total. The largest absolute Gasteiger partial charge is 0.451 e. The van der Waals surface area contributed by atoms with Crippen LogP contribution in [0.25, 0.3) is 11.3 Å². The first-order valence-electron chi connectivity index (χ1n) is 8.95. The van der Waals surface area contributed by atoms with E-state index in [0.717, 1.165) is 24.4 Å². The Labute approximate surface area is 153 Å². The van der Waals surface area contributed by atoms with Crippen LogP contribution in [0, 0.1) is 5.92 Å². The second-order valence-electron chi connectivity index (χ2n) is 7.01. The Morgan fingerprint density at radius 1 is 1.16 bits per heavy atom. The highest BCUT2D eigenvalue weighted by atomic mass is 32.2. The molecule has 4 heterocycles. The van der Waals surface area contributed by atoms with Gasteiger partial charge >= 0.3 is 0 Å². The highest BCUT2D eigenvalue weighted by Gasteiger charge is 2.40. The zero-order valence-corrected chi connectivity index (χ0v) is 15.5. The van der Waals surface area contributed by atoms with Gasteiger partial charge in [0, 0.05) is 22.5 Å². The van der Waals surface area contributed by atoms with Crippen molar-refractivity contribution in [3.8, 4) is 11.3 Å². The summed E-state index contributed by atoms with van der Waals surface area (Å²) in [5.41, 5.74) is 0.994. The lowest BCUT2D eigenvalue weighted by Gasteiger charge is -2.49. The van der Waals surface area contributed by atoms with E-state index in [2.05, 4.69) is 35.5 Å². The van der Waals surface area contributed by atoms with E-state index in [1.165, 1.54) is 17.7 Å². The van der Waals surface area contributed by atoms with Crippen LogP contribution in [0.1, 0.15) is 30.3 Å². The van der Waals surface area contributed by atoms with E-state index in [-0.39, 0.29) is 11.9 Å². The number of hydrogen-bond donors (Lipinski definition) is 1. The number of carbonyl (C=O) groups is 1. The molecule has 2 unspecified atom stereocenters. The van der Waals surface area contributed by atoms with E-state index in [9.17, 15) is 4.79 Å². The van der Waals surface area contributed by atoms with Gasteiger partial charge < -0.3 is 9.73 Å². The number of nitrogens with one attached hydrogen (secondary N) is 1. The summed E-state index contributed by atoms with van der Waals surface area (Å²) in [6.45, 7) is 4.54. The summed E-state index contributed by atoms with van der Waals surface area (Å²) in [6, 6.07) is 12.5. The van der Waals surface area contributed by atoms with Gasteiger partial charge in [0.15, 0.2) is 5.76 Å². The summed E-state index contributed by atoms with van der Waals surface area (Å²) >= 11 is 1.71. The molecule has 132 valence electrons. The van der Waals surface area contributed by atoms with Crippen molar-refractivity contribution in [2.24, 2.45) is 5.92 Å². The third-order valence-electron chi connectivity index (χ3n) is 5.68. The first kappa shape index (κ1) is 16.7. The summed E-state index contributed by atoms with van der Waals surface area (Å²) in [6.07, 6.45) is 4.42. The van der Waals surface area contributed by atoms with E-state index in [0.29, 0.717) is 17.7 Å². The molecule has 4 nitrogen and oxygen atoms in total. The number of carbonyl (C=O) groups excluding carboxylic acids is 1. The molecule has 2 atom stereocenters. The fourth-order valence-corrected chi connectivity index (χ4v) is 4.55. The molecule has 0 aliphatic carbocycles.